The van der Waals surface area contributed by atoms with Crippen molar-refractivity contribution in [2.45, 2.75) is 137 Å². The van der Waals surface area contributed by atoms with Gasteiger partial charge in [0.25, 0.3) is 0 Å². The SMILES string of the molecule is CC(C(O)C(O)C(O)C(O)C(O)CN)C1CCC2(C)C1CCC1(C)C2C=CC2C3(C)CCC(C)C(C)(C)C3CCC21C. The molecule has 4 saturated carbocycles. The lowest BCUT2D eigenvalue weighted by Crippen LogP contribution is -2.65. The van der Waals surface area contributed by atoms with Crippen LogP contribution < -0.4 is 5.73 Å². The van der Waals surface area contributed by atoms with E-state index in [4.69, 9.17) is 5.73 Å². The van der Waals surface area contributed by atoms with Gasteiger partial charge in [-0.3, -0.25) is 0 Å². The number of fused-ring (bicyclic) bond motifs is 7. The Kier molecular flexibility index (Phi) is 8.45. The second kappa shape index (κ2) is 10.8. The van der Waals surface area contributed by atoms with Gasteiger partial charge in [-0.2, -0.15) is 0 Å². The molecule has 5 rings (SSSR count). The maximum absolute atomic E-state index is 11.2. The summed E-state index contributed by atoms with van der Waals surface area (Å²) in [6.07, 6.45) is 7.62. The van der Waals surface area contributed by atoms with E-state index < -0.39 is 30.5 Å². The standard InChI is InChI=1S/C36H63NO5/c1-20-11-15-34(6)25(32(20,3)4)14-18-36(8)27(34)10-9-26-33(5)16-12-22(23(33)13-17-35(26,36)7)21(2)28(39)30(41)31(42)29(40)24(38)19-37/h9-10,20-31,38-42H,11-19,37H2,1-8H3. The van der Waals surface area contributed by atoms with Crippen LogP contribution in [0.5, 0.6) is 0 Å². The third kappa shape index (κ3) is 4.39. The topological polar surface area (TPSA) is 127 Å². The maximum Gasteiger partial charge on any atom is 0.111 e. The molecule has 0 bridgehead atoms. The van der Waals surface area contributed by atoms with E-state index in [1.54, 1.807) is 0 Å². The quantitative estimate of drug-likeness (QED) is 0.235. The van der Waals surface area contributed by atoms with Crippen LogP contribution in [0.4, 0.5) is 0 Å². The summed E-state index contributed by atoms with van der Waals surface area (Å²) in [4.78, 5) is 0. The molecule has 0 amide bonds. The van der Waals surface area contributed by atoms with Crippen LogP contribution >= 0.6 is 0 Å². The molecule has 5 aliphatic carbocycles. The van der Waals surface area contributed by atoms with Crippen LogP contribution in [0.25, 0.3) is 0 Å². The zero-order valence-corrected chi connectivity index (χ0v) is 27.8. The predicted octanol–water partition coefficient (Wildman–Crippen LogP) is 4.90. The molecule has 0 aromatic carbocycles. The molecule has 16 atom stereocenters. The van der Waals surface area contributed by atoms with Crippen molar-refractivity contribution in [3.8, 4) is 0 Å². The fourth-order valence-corrected chi connectivity index (χ4v) is 12.6. The number of hydrogen-bond acceptors (Lipinski definition) is 6. The lowest BCUT2D eigenvalue weighted by atomic mass is 9.33. The monoisotopic (exact) mass is 589 g/mol. The lowest BCUT2D eigenvalue weighted by Gasteiger charge is -2.71. The summed E-state index contributed by atoms with van der Waals surface area (Å²) in [5.74, 6) is 3.01. The second-order valence-corrected chi connectivity index (χ2v) is 17.5. The third-order valence-corrected chi connectivity index (χ3v) is 15.9. The van der Waals surface area contributed by atoms with Crippen molar-refractivity contribution in [1.29, 1.82) is 0 Å². The average molecular weight is 590 g/mol. The molecule has 0 aromatic heterocycles. The van der Waals surface area contributed by atoms with Gasteiger partial charge in [0.1, 0.15) is 18.3 Å². The molecule has 6 nitrogen and oxygen atoms in total. The van der Waals surface area contributed by atoms with Gasteiger partial charge in [0, 0.05) is 6.54 Å². The van der Waals surface area contributed by atoms with E-state index in [-0.39, 0.29) is 34.6 Å². The Hall–Kier alpha value is -0.500. The van der Waals surface area contributed by atoms with Crippen molar-refractivity contribution < 1.29 is 25.5 Å². The zero-order valence-electron chi connectivity index (χ0n) is 27.8. The minimum absolute atomic E-state index is 0.118. The van der Waals surface area contributed by atoms with Gasteiger partial charge in [0.2, 0.25) is 0 Å². The van der Waals surface area contributed by atoms with Crippen LogP contribution in [-0.2, 0) is 0 Å². The van der Waals surface area contributed by atoms with Crippen LogP contribution in [0.3, 0.4) is 0 Å². The van der Waals surface area contributed by atoms with Crippen LogP contribution in [0.2, 0.25) is 0 Å². The third-order valence-electron chi connectivity index (χ3n) is 15.9. The molecule has 0 aromatic rings. The van der Waals surface area contributed by atoms with Crippen molar-refractivity contribution >= 4 is 0 Å². The molecule has 7 N–H and O–H groups in total. The van der Waals surface area contributed by atoms with Crippen molar-refractivity contribution in [3.05, 3.63) is 12.2 Å². The fraction of sp³-hybridized carbons (Fsp3) is 0.944. The Bertz CT molecular complexity index is 1030. The van der Waals surface area contributed by atoms with Gasteiger partial charge in [-0.15, -0.1) is 0 Å². The van der Waals surface area contributed by atoms with E-state index in [9.17, 15) is 25.5 Å². The summed E-state index contributed by atoms with van der Waals surface area (Å²) in [6, 6.07) is 0. The highest BCUT2D eigenvalue weighted by Gasteiger charge is 2.69. The number of rotatable bonds is 7. The van der Waals surface area contributed by atoms with Crippen molar-refractivity contribution in [3.63, 3.8) is 0 Å². The molecular weight excluding hydrogens is 526 g/mol. The summed E-state index contributed by atoms with van der Waals surface area (Å²) >= 11 is 0. The molecule has 6 heteroatoms. The van der Waals surface area contributed by atoms with Crippen molar-refractivity contribution in [2.24, 2.45) is 74.2 Å². The van der Waals surface area contributed by atoms with Crippen LogP contribution in [0, 0.1) is 68.5 Å². The van der Waals surface area contributed by atoms with E-state index in [1.807, 2.05) is 6.92 Å². The summed E-state index contributed by atoms with van der Waals surface area (Å²) in [7, 11) is 0. The molecule has 4 fully saturated rings. The second-order valence-electron chi connectivity index (χ2n) is 17.5. The first-order valence-electron chi connectivity index (χ1n) is 17.2. The largest absolute Gasteiger partial charge is 0.390 e. The Balaban J connectivity index is 1.40. The summed E-state index contributed by atoms with van der Waals surface area (Å²) in [5.41, 5.74) is 6.73. The van der Waals surface area contributed by atoms with Crippen LogP contribution in [-0.4, -0.2) is 62.6 Å². The molecule has 0 saturated heterocycles. The molecular formula is C36H63NO5. The van der Waals surface area contributed by atoms with Crippen LogP contribution in [0.1, 0.15) is 107 Å². The first kappa shape index (κ1) is 32.9. The van der Waals surface area contributed by atoms with Gasteiger partial charge in [0.05, 0.1) is 12.2 Å². The first-order valence-corrected chi connectivity index (χ1v) is 17.2. The normalized spacial score (nSPS) is 50.3. The summed E-state index contributed by atoms with van der Waals surface area (Å²) in [5, 5.41) is 52.7. The minimum Gasteiger partial charge on any atom is -0.390 e. The van der Waals surface area contributed by atoms with E-state index in [0.29, 0.717) is 28.6 Å². The predicted molar refractivity (Wildman–Crippen MR) is 167 cm³/mol. The molecule has 16 unspecified atom stereocenters. The Morgan fingerprint density at radius 3 is 1.81 bits per heavy atom. The number of aliphatic hydroxyl groups excluding tert-OH is 5. The van der Waals surface area contributed by atoms with E-state index >= 15 is 0 Å². The summed E-state index contributed by atoms with van der Waals surface area (Å²) < 4.78 is 0. The number of allylic oxidation sites excluding steroid dienone is 2. The highest BCUT2D eigenvalue weighted by atomic mass is 16.4. The number of hydrogen-bond donors (Lipinski definition) is 6. The van der Waals surface area contributed by atoms with E-state index in [0.717, 1.165) is 31.1 Å². The average Bonchev–Trinajstić information content (AvgIpc) is 3.30. The highest BCUT2D eigenvalue weighted by Crippen LogP contribution is 2.76. The van der Waals surface area contributed by atoms with Gasteiger partial charge in [-0.1, -0.05) is 67.5 Å². The molecule has 0 spiro atoms. The Morgan fingerprint density at radius 1 is 0.690 bits per heavy atom. The Morgan fingerprint density at radius 2 is 1.21 bits per heavy atom. The van der Waals surface area contributed by atoms with Crippen molar-refractivity contribution in [1.82, 2.24) is 0 Å². The van der Waals surface area contributed by atoms with Gasteiger partial charge in [-0.25, -0.2) is 0 Å². The first-order chi connectivity index (χ1) is 19.4. The summed E-state index contributed by atoms with van der Waals surface area (Å²) in [6.45, 7) is 19.7. The smallest absolute Gasteiger partial charge is 0.111 e. The highest BCUT2D eigenvalue weighted by molar-refractivity contribution is 5.27. The van der Waals surface area contributed by atoms with Gasteiger partial charge < -0.3 is 31.3 Å². The van der Waals surface area contributed by atoms with Gasteiger partial charge in [-0.05, 0) is 120 Å². The van der Waals surface area contributed by atoms with E-state index in [1.165, 1.54) is 32.1 Å². The van der Waals surface area contributed by atoms with Crippen LogP contribution in [0.15, 0.2) is 12.2 Å². The van der Waals surface area contributed by atoms with Crippen molar-refractivity contribution in [2.75, 3.05) is 6.54 Å². The van der Waals surface area contributed by atoms with E-state index in [2.05, 4.69) is 60.6 Å². The molecule has 42 heavy (non-hydrogen) atoms. The zero-order chi connectivity index (χ0) is 31.2. The molecule has 0 radical (unpaired) electrons. The molecule has 0 aliphatic heterocycles. The molecule has 242 valence electrons. The van der Waals surface area contributed by atoms with Gasteiger partial charge >= 0.3 is 0 Å². The van der Waals surface area contributed by atoms with Gasteiger partial charge in [0.15, 0.2) is 0 Å². The molecule has 0 heterocycles. The maximum atomic E-state index is 11.2. The fourth-order valence-electron chi connectivity index (χ4n) is 12.6. The Labute approximate surface area is 255 Å². The number of aliphatic hydroxyl groups is 5. The minimum atomic E-state index is -1.66. The number of nitrogens with two attached hydrogens (primary N) is 1. The molecule has 5 aliphatic rings. The lowest BCUT2D eigenvalue weighted by molar-refractivity contribution is -0.206.